The van der Waals surface area contributed by atoms with Crippen LogP contribution in [-0.4, -0.2) is 25.4 Å². The van der Waals surface area contributed by atoms with Crippen molar-refractivity contribution in [1.82, 2.24) is 5.32 Å². The molecule has 0 atom stereocenters. The number of benzene rings is 1. The van der Waals surface area contributed by atoms with Gasteiger partial charge in [-0.2, -0.15) is 0 Å². The first-order chi connectivity index (χ1) is 9.39. The van der Waals surface area contributed by atoms with Crippen LogP contribution in [0.15, 0.2) is 22.7 Å². The quantitative estimate of drug-likeness (QED) is 0.737. The average Bonchev–Trinajstić information content (AvgIpc) is 2.43. The van der Waals surface area contributed by atoms with Crippen LogP contribution in [0.5, 0.6) is 5.75 Å². The summed E-state index contributed by atoms with van der Waals surface area (Å²) in [7, 11) is 1.58. The number of hydrogen-bond acceptors (Lipinski definition) is 2. The summed E-state index contributed by atoms with van der Waals surface area (Å²) in [6, 6.07) is 5.35. The summed E-state index contributed by atoms with van der Waals surface area (Å²) < 4.78 is 5.90. The molecule has 1 rings (SSSR count). The molecule has 0 aromatic heterocycles. The van der Waals surface area contributed by atoms with E-state index in [1.165, 1.54) is 0 Å². The number of rotatable bonds is 7. The van der Waals surface area contributed by atoms with Gasteiger partial charge in [0.25, 0.3) is 5.91 Å². The number of alkyl halides is 1. The molecule has 1 aromatic rings. The van der Waals surface area contributed by atoms with Crippen molar-refractivity contribution in [2.45, 2.75) is 26.7 Å². The molecule has 0 radical (unpaired) electrons. The Kier molecular flexibility index (Phi) is 6.83. The molecule has 1 amide bonds. The van der Waals surface area contributed by atoms with Crippen molar-refractivity contribution < 1.29 is 9.53 Å². The normalized spacial score (nSPS) is 11.2. The van der Waals surface area contributed by atoms with Gasteiger partial charge in [0, 0.05) is 16.9 Å². The number of hydrogen-bond donors (Lipinski definition) is 1. The second-order valence-electron chi connectivity index (χ2n) is 5.49. The van der Waals surface area contributed by atoms with E-state index in [4.69, 9.17) is 16.3 Å². The Morgan fingerprint density at radius 3 is 2.75 bits per heavy atom. The molecule has 20 heavy (non-hydrogen) atoms. The maximum atomic E-state index is 12.2. The fourth-order valence-corrected chi connectivity index (χ4v) is 2.41. The first-order valence-corrected chi connectivity index (χ1v) is 7.90. The first-order valence-electron chi connectivity index (χ1n) is 6.57. The van der Waals surface area contributed by atoms with Crippen molar-refractivity contribution in [2.75, 3.05) is 19.5 Å². The lowest BCUT2D eigenvalue weighted by molar-refractivity contribution is 0.0933. The molecule has 0 aliphatic heterocycles. The lowest BCUT2D eigenvalue weighted by Gasteiger charge is -2.24. The van der Waals surface area contributed by atoms with Crippen LogP contribution in [0.4, 0.5) is 0 Å². The number of carbonyl (C=O) groups is 1. The molecule has 1 aromatic carbocycles. The number of ether oxygens (including phenoxy) is 1. The van der Waals surface area contributed by atoms with Gasteiger partial charge in [0.15, 0.2) is 0 Å². The Bertz CT molecular complexity index is 463. The van der Waals surface area contributed by atoms with E-state index in [-0.39, 0.29) is 11.3 Å². The highest BCUT2D eigenvalue weighted by atomic mass is 79.9. The molecule has 0 bridgehead atoms. The molecule has 1 N–H and O–H groups in total. The predicted molar refractivity (Wildman–Crippen MR) is 86.8 cm³/mol. The lowest BCUT2D eigenvalue weighted by atomic mass is 9.88. The Labute approximate surface area is 134 Å². The van der Waals surface area contributed by atoms with Gasteiger partial charge in [0.05, 0.1) is 12.7 Å². The molecule has 0 fully saturated rings. The zero-order valence-corrected chi connectivity index (χ0v) is 14.5. The summed E-state index contributed by atoms with van der Waals surface area (Å²) >= 11 is 9.10. The van der Waals surface area contributed by atoms with E-state index >= 15 is 0 Å². The highest BCUT2D eigenvalue weighted by molar-refractivity contribution is 9.10. The molecule has 0 saturated heterocycles. The Balaban J connectivity index is 2.67. The largest absolute Gasteiger partial charge is 0.497 e. The van der Waals surface area contributed by atoms with E-state index in [0.29, 0.717) is 23.7 Å². The second kappa shape index (κ2) is 7.89. The minimum Gasteiger partial charge on any atom is -0.497 e. The van der Waals surface area contributed by atoms with Gasteiger partial charge in [0.1, 0.15) is 5.75 Å². The van der Waals surface area contributed by atoms with Crippen LogP contribution < -0.4 is 10.1 Å². The molecule has 0 aliphatic rings. The summed E-state index contributed by atoms with van der Waals surface area (Å²) in [6.45, 7) is 4.87. The van der Waals surface area contributed by atoms with Crippen molar-refractivity contribution in [2.24, 2.45) is 5.41 Å². The molecule has 0 heterocycles. The van der Waals surface area contributed by atoms with E-state index < -0.39 is 0 Å². The zero-order chi connectivity index (χ0) is 15.2. The van der Waals surface area contributed by atoms with E-state index in [0.717, 1.165) is 17.3 Å². The first kappa shape index (κ1) is 17.3. The van der Waals surface area contributed by atoms with E-state index in [2.05, 4.69) is 35.1 Å². The molecule has 0 spiro atoms. The Hall–Kier alpha value is -0.740. The summed E-state index contributed by atoms with van der Waals surface area (Å²) in [5, 5.41) is 2.97. The summed E-state index contributed by atoms with van der Waals surface area (Å²) in [5.41, 5.74) is 0.619. The van der Waals surface area contributed by atoms with Gasteiger partial charge in [0.2, 0.25) is 0 Å². The zero-order valence-electron chi connectivity index (χ0n) is 12.1. The molecular formula is C15H21BrClNO2. The molecule has 3 nitrogen and oxygen atoms in total. The summed E-state index contributed by atoms with van der Waals surface area (Å²) in [5.74, 6) is 1.22. The van der Waals surface area contributed by atoms with Crippen LogP contribution in [0.2, 0.25) is 0 Å². The van der Waals surface area contributed by atoms with Crippen molar-refractivity contribution in [1.29, 1.82) is 0 Å². The number of nitrogens with one attached hydrogen (secondary N) is 1. The van der Waals surface area contributed by atoms with Gasteiger partial charge < -0.3 is 10.1 Å². The van der Waals surface area contributed by atoms with Crippen molar-refractivity contribution in [3.63, 3.8) is 0 Å². The summed E-state index contributed by atoms with van der Waals surface area (Å²) in [6.07, 6.45) is 1.93. The minimum atomic E-state index is -0.102. The maximum Gasteiger partial charge on any atom is 0.252 e. The Morgan fingerprint density at radius 2 is 2.15 bits per heavy atom. The van der Waals surface area contributed by atoms with E-state index in [9.17, 15) is 4.79 Å². The molecule has 0 unspecified atom stereocenters. The number of halogens is 2. The fraction of sp³-hybridized carbons (Fsp3) is 0.533. The van der Waals surface area contributed by atoms with E-state index in [1.807, 2.05) is 12.1 Å². The van der Waals surface area contributed by atoms with Crippen LogP contribution >= 0.6 is 27.5 Å². The van der Waals surface area contributed by atoms with Crippen LogP contribution in [-0.2, 0) is 0 Å². The molecule has 112 valence electrons. The number of amides is 1. The molecule has 0 saturated carbocycles. The Morgan fingerprint density at radius 1 is 1.45 bits per heavy atom. The smallest absolute Gasteiger partial charge is 0.252 e. The van der Waals surface area contributed by atoms with Gasteiger partial charge in [-0.25, -0.2) is 0 Å². The SMILES string of the molecule is COc1ccc(Br)c(C(=O)NCC(C)(C)CCCCl)c1. The third-order valence-electron chi connectivity index (χ3n) is 3.13. The molecule has 0 aliphatic carbocycles. The third-order valence-corrected chi connectivity index (χ3v) is 4.09. The van der Waals surface area contributed by atoms with Gasteiger partial charge in [-0.1, -0.05) is 13.8 Å². The molecular weight excluding hydrogens is 342 g/mol. The second-order valence-corrected chi connectivity index (χ2v) is 6.72. The monoisotopic (exact) mass is 361 g/mol. The number of methoxy groups -OCH3 is 1. The van der Waals surface area contributed by atoms with Crippen LogP contribution in [0, 0.1) is 5.41 Å². The topological polar surface area (TPSA) is 38.3 Å². The van der Waals surface area contributed by atoms with E-state index in [1.54, 1.807) is 13.2 Å². The minimum absolute atomic E-state index is 0.0376. The van der Waals surface area contributed by atoms with Crippen molar-refractivity contribution >= 4 is 33.4 Å². The third kappa shape index (κ3) is 5.33. The van der Waals surface area contributed by atoms with Gasteiger partial charge in [-0.15, -0.1) is 11.6 Å². The highest BCUT2D eigenvalue weighted by Crippen LogP contribution is 2.24. The van der Waals surface area contributed by atoms with Crippen molar-refractivity contribution in [3.8, 4) is 5.75 Å². The van der Waals surface area contributed by atoms with Gasteiger partial charge in [-0.3, -0.25) is 4.79 Å². The van der Waals surface area contributed by atoms with Gasteiger partial charge >= 0.3 is 0 Å². The highest BCUT2D eigenvalue weighted by Gasteiger charge is 2.19. The average molecular weight is 363 g/mol. The number of carbonyl (C=O) groups excluding carboxylic acids is 1. The van der Waals surface area contributed by atoms with Crippen LogP contribution in [0.3, 0.4) is 0 Å². The lowest BCUT2D eigenvalue weighted by Crippen LogP contribution is -2.34. The standard InChI is InChI=1S/C15H21BrClNO2/c1-15(2,7-4-8-17)10-18-14(19)12-9-11(20-3)5-6-13(12)16/h5-6,9H,4,7-8,10H2,1-3H3,(H,18,19). The van der Waals surface area contributed by atoms with Crippen LogP contribution in [0.25, 0.3) is 0 Å². The fourth-order valence-electron chi connectivity index (χ4n) is 1.85. The predicted octanol–water partition coefficient (Wildman–Crippen LogP) is 4.23. The maximum absolute atomic E-state index is 12.2. The molecule has 5 heteroatoms. The van der Waals surface area contributed by atoms with Crippen molar-refractivity contribution in [3.05, 3.63) is 28.2 Å². The van der Waals surface area contributed by atoms with Gasteiger partial charge in [-0.05, 0) is 52.4 Å². The van der Waals surface area contributed by atoms with Crippen LogP contribution in [0.1, 0.15) is 37.0 Å². The summed E-state index contributed by atoms with van der Waals surface area (Å²) in [4.78, 5) is 12.2.